The molecule has 5 nitrogen and oxygen atoms in total. The summed E-state index contributed by atoms with van der Waals surface area (Å²) >= 11 is 0. The van der Waals surface area contributed by atoms with Gasteiger partial charge in [0.25, 0.3) is 0 Å². The second kappa shape index (κ2) is 13.0. The van der Waals surface area contributed by atoms with E-state index in [1.807, 2.05) is 18.2 Å². The van der Waals surface area contributed by atoms with Crippen molar-refractivity contribution in [2.45, 2.75) is 64.1 Å². The second-order valence-electron chi connectivity index (χ2n) is 17.8. The Hall–Kier alpha value is -5.02. The Balaban J connectivity index is 1.36. The number of anilines is 1. The zero-order valence-electron chi connectivity index (χ0n) is 33.2. The topological polar surface area (TPSA) is 40.2 Å². The van der Waals surface area contributed by atoms with Gasteiger partial charge < -0.3 is 23.8 Å². The molecule has 1 unspecified atom stereocenters. The number of benzene rings is 5. The van der Waals surface area contributed by atoms with Crippen LogP contribution in [0.15, 0.2) is 84.9 Å². The van der Waals surface area contributed by atoms with Crippen LogP contribution in [0.4, 0.5) is 23.2 Å². The Bertz CT molecular complexity index is 2410. The molecule has 5 aromatic carbocycles. The number of hydrogen-bond acceptors (Lipinski definition) is 5. The molecule has 1 saturated heterocycles. The summed E-state index contributed by atoms with van der Waals surface area (Å²) in [6.07, 6.45) is 1.84. The van der Waals surface area contributed by atoms with Gasteiger partial charge in [0.1, 0.15) is 11.6 Å². The van der Waals surface area contributed by atoms with Crippen LogP contribution in [0.3, 0.4) is 0 Å². The maximum Gasteiger partial charge on any atom is 0.416 e. The highest BCUT2D eigenvalue weighted by molar-refractivity contribution is 6.09. The van der Waals surface area contributed by atoms with Crippen molar-refractivity contribution in [3.8, 4) is 28.4 Å². The molecule has 0 bridgehead atoms. The lowest BCUT2D eigenvalue weighted by molar-refractivity contribution is -0.137. The van der Waals surface area contributed by atoms with E-state index in [4.69, 9.17) is 18.9 Å². The number of fused-ring (bicyclic) bond motifs is 10. The van der Waals surface area contributed by atoms with Crippen molar-refractivity contribution < 1.29 is 36.5 Å². The number of ether oxygens (including phenoxy) is 4. The molecule has 9 rings (SSSR count). The minimum Gasteiger partial charge on any atom is -0.493 e. The lowest BCUT2D eigenvalue weighted by atomic mass is 9.52. The molecule has 2 fully saturated rings. The molecule has 0 radical (unpaired) electrons. The van der Waals surface area contributed by atoms with Crippen molar-refractivity contribution in [1.29, 1.82) is 0 Å². The van der Waals surface area contributed by atoms with E-state index >= 15 is 0 Å². The Morgan fingerprint density at radius 3 is 1.91 bits per heavy atom. The third-order valence-electron chi connectivity index (χ3n) is 12.6. The molecule has 9 heteroatoms. The second-order valence-corrected chi connectivity index (χ2v) is 17.8. The van der Waals surface area contributed by atoms with Gasteiger partial charge in [-0.1, -0.05) is 64.1 Å². The van der Waals surface area contributed by atoms with Crippen LogP contribution in [-0.4, -0.2) is 40.5 Å². The minimum atomic E-state index is -4.52. The van der Waals surface area contributed by atoms with Crippen LogP contribution in [0.2, 0.25) is 0 Å². The molecule has 0 aromatic heterocycles. The number of morpholine rings is 1. The number of halogens is 4. The maximum atomic E-state index is 14.6. The predicted molar refractivity (Wildman–Crippen MR) is 216 cm³/mol. The SMILES string of the molecule is COc1cc2c3c(c4c(c2cc1OC)-c1ccc(C(F)(F)F)cc1C41CC(C)(C)CC(C)(C)C1)C=CC(c1ccc(F)cc1)(c1ccc(N2CCOCC2)cc1)O3. The molecule has 2 aliphatic heterocycles. The van der Waals surface area contributed by atoms with Gasteiger partial charge in [-0.2, -0.15) is 13.2 Å². The smallest absolute Gasteiger partial charge is 0.416 e. The minimum absolute atomic E-state index is 0.201. The number of methoxy groups -OCH3 is 2. The van der Waals surface area contributed by atoms with E-state index in [1.165, 1.54) is 24.3 Å². The van der Waals surface area contributed by atoms with E-state index in [2.05, 4.69) is 62.9 Å². The summed E-state index contributed by atoms with van der Waals surface area (Å²) in [6.45, 7) is 11.8. The highest BCUT2D eigenvalue weighted by atomic mass is 19.4. The first-order chi connectivity index (χ1) is 27.1. The number of rotatable bonds is 5. The first-order valence-electron chi connectivity index (χ1n) is 19.6. The first-order valence-corrected chi connectivity index (χ1v) is 19.6. The van der Waals surface area contributed by atoms with Crippen molar-refractivity contribution >= 4 is 22.5 Å². The molecule has 0 N–H and O–H groups in total. The van der Waals surface area contributed by atoms with E-state index in [9.17, 15) is 17.6 Å². The summed E-state index contributed by atoms with van der Waals surface area (Å²) in [7, 11) is 3.16. The van der Waals surface area contributed by atoms with Crippen molar-refractivity contribution in [3.05, 3.63) is 124 Å². The van der Waals surface area contributed by atoms with Gasteiger partial charge in [0, 0.05) is 46.3 Å². The number of nitrogens with zero attached hydrogens (tertiary/aromatic N) is 1. The summed E-state index contributed by atoms with van der Waals surface area (Å²) in [5.41, 5.74) is 3.78. The Labute approximate surface area is 331 Å². The van der Waals surface area contributed by atoms with Crippen LogP contribution in [0.5, 0.6) is 17.2 Å². The van der Waals surface area contributed by atoms with Crippen molar-refractivity contribution in [2.24, 2.45) is 10.8 Å². The molecule has 2 heterocycles. The van der Waals surface area contributed by atoms with Gasteiger partial charge in [-0.05, 0) is 112 Å². The fraction of sp³-hybridized carbons (Fsp3) is 0.375. The molecule has 1 saturated carbocycles. The fourth-order valence-electron chi connectivity index (χ4n) is 11.1. The lowest BCUT2D eigenvalue weighted by Crippen LogP contribution is -2.44. The molecular weight excluding hydrogens is 731 g/mol. The first kappa shape index (κ1) is 37.6. The van der Waals surface area contributed by atoms with E-state index in [1.54, 1.807) is 32.4 Å². The van der Waals surface area contributed by atoms with Crippen LogP contribution < -0.4 is 19.1 Å². The van der Waals surface area contributed by atoms with Crippen LogP contribution in [-0.2, 0) is 21.9 Å². The quantitative estimate of drug-likeness (QED) is 0.166. The Kier molecular flexibility index (Phi) is 8.56. The van der Waals surface area contributed by atoms with Crippen molar-refractivity contribution in [2.75, 3.05) is 45.4 Å². The van der Waals surface area contributed by atoms with Gasteiger partial charge in [-0.3, -0.25) is 0 Å². The van der Waals surface area contributed by atoms with E-state index in [0.29, 0.717) is 48.9 Å². The lowest BCUT2D eigenvalue weighted by Gasteiger charge is -2.52. The van der Waals surface area contributed by atoms with Gasteiger partial charge >= 0.3 is 6.18 Å². The molecule has 4 aliphatic rings. The van der Waals surface area contributed by atoms with Gasteiger partial charge in [0.15, 0.2) is 17.1 Å². The van der Waals surface area contributed by atoms with Crippen molar-refractivity contribution in [1.82, 2.24) is 0 Å². The predicted octanol–water partition coefficient (Wildman–Crippen LogP) is 11.7. The average Bonchev–Trinajstić information content (AvgIpc) is 3.44. The third-order valence-corrected chi connectivity index (χ3v) is 12.6. The maximum absolute atomic E-state index is 14.6. The largest absolute Gasteiger partial charge is 0.493 e. The third kappa shape index (κ3) is 5.98. The highest BCUT2D eigenvalue weighted by Crippen LogP contribution is 2.67. The normalized spacial score (nSPS) is 21.5. The zero-order chi connectivity index (χ0) is 40.1. The standard InChI is InChI=1S/C48H47F4NO4/c1-44(2)26-45(3,4)28-46(27-44)38-23-31(48(50,51)52)11-16-34(38)41-36-24-39(54-5)40(55-6)25-37(36)43-35(42(41)46)17-18-47(57-43,29-7-12-32(49)13-8-29)30-9-14-33(15-10-30)53-19-21-56-22-20-53/h7-18,23-25H,19-22,26-28H2,1-6H3. The van der Waals surface area contributed by atoms with E-state index in [0.717, 1.165) is 69.4 Å². The molecule has 1 spiro atoms. The highest BCUT2D eigenvalue weighted by Gasteiger charge is 2.56. The molecule has 1 atom stereocenters. The van der Waals surface area contributed by atoms with Crippen LogP contribution >= 0.6 is 0 Å². The summed E-state index contributed by atoms with van der Waals surface area (Å²) in [6, 6.07) is 22.8. The molecule has 5 aromatic rings. The van der Waals surface area contributed by atoms with Crippen molar-refractivity contribution in [3.63, 3.8) is 0 Å². The Morgan fingerprint density at radius 1 is 0.719 bits per heavy atom. The molecule has 0 amide bonds. The van der Waals surface area contributed by atoms with Gasteiger partial charge in [-0.25, -0.2) is 4.39 Å². The number of alkyl halides is 3. The molecule has 296 valence electrons. The van der Waals surface area contributed by atoms with Crippen LogP contribution in [0, 0.1) is 16.6 Å². The summed E-state index contributed by atoms with van der Waals surface area (Å²) in [5.74, 6) is 1.21. The molecule has 2 aliphatic carbocycles. The van der Waals surface area contributed by atoms with E-state index < -0.39 is 22.8 Å². The zero-order valence-corrected chi connectivity index (χ0v) is 33.2. The molecule has 57 heavy (non-hydrogen) atoms. The summed E-state index contributed by atoms with van der Waals surface area (Å²) in [4.78, 5) is 2.29. The van der Waals surface area contributed by atoms with Crippen LogP contribution in [0.1, 0.15) is 80.3 Å². The van der Waals surface area contributed by atoms with Gasteiger partial charge in [-0.15, -0.1) is 0 Å². The summed E-state index contributed by atoms with van der Waals surface area (Å²) in [5, 5.41) is 1.53. The Morgan fingerprint density at radius 2 is 1.32 bits per heavy atom. The fourth-order valence-corrected chi connectivity index (χ4v) is 11.1. The van der Waals surface area contributed by atoms with E-state index in [-0.39, 0.29) is 16.6 Å². The molecular formula is C48H47F4NO4. The van der Waals surface area contributed by atoms with Gasteiger partial charge in [0.05, 0.1) is 33.0 Å². The monoisotopic (exact) mass is 777 g/mol. The summed E-state index contributed by atoms with van der Waals surface area (Å²) < 4.78 is 83.3. The van der Waals surface area contributed by atoms with Crippen LogP contribution in [0.25, 0.3) is 28.0 Å². The number of hydrogen-bond donors (Lipinski definition) is 0. The average molecular weight is 778 g/mol. The van der Waals surface area contributed by atoms with Gasteiger partial charge in [0.2, 0.25) is 0 Å².